The molecule has 8 heterocycles. The predicted octanol–water partition coefficient (Wildman–Crippen LogP) is 26.5. The molecule has 0 unspecified atom stereocenters. The van der Waals surface area contributed by atoms with E-state index in [0.29, 0.717) is 5.82 Å². The van der Waals surface area contributed by atoms with Crippen molar-refractivity contribution in [1.82, 2.24) is 79.7 Å². The van der Waals surface area contributed by atoms with Crippen molar-refractivity contribution in [2.24, 2.45) is 70.0 Å². The van der Waals surface area contributed by atoms with Gasteiger partial charge in [-0.15, -0.1) is 119 Å². The zero-order valence-corrected chi connectivity index (χ0v) is 91.6. The van der Waals surface area contributed by atoms with Crippen LogP contribution >= 0.6 is 0 Å². The molecule has 0 atom stereocenters. The summed E-state index contributed by atoms with van der Waals surface area (Å²) in [6.07, 6.45) is 49.3. The molecule has 18 aliphatic carbocycles. The Kier molecular flexibility index (Phi) is 27.7. The van der Waals surface area contributed by atoms with Crippen LogP contribution in [0.5, 0.6) is 0 Å². The summed E-state index contributed by atoms with van der Waals surface area (Å²) < 4.78 is 0. The average Bonchev–Trinajstić information content (AvgIpc) is 1.54. The van der Waals surface area contributed by atoms with E-state index in [9.17, 15) is 0 Å². The van der Waals surface area contributed by atoms with E-state index in [4.69, 9.17) is 59.8 Å². The second-order valence-corrected chi connectivity index (χ2v) is 47.6. The summed E-state index contributed by atoms with van der Waals surface area (Å²) in [6.45, 7) is 22.6. The Bertz CT molecular complexity index is 6040. The molecule has 8 aromatic heterocycles. The van der Waals surface area contributed by atoms with E-state index >= 15 is 0 Å². The Morgan fingerprint density at radius 2 is 0.507 bits per heavy atom. The monoisotopic (exact) mass is 2540 g/mol. The number of fused-ring (bicyclic) bond motifs is 10. The van der Waals surface area contributed by atoms with Crippen LogP contribution in [-0.2, 0) is 124 Å². The maximum Gasteiger partial charge on any atom is 0.145 e. The van der Waals surface area contributed by atoms with E-state index in [0.717, 1.165) is 191 Å². The van der Waals surface area contributed by atoms with Crippen molar-refractivity contribution >= 4 is 0 Å². The van der Waals surface area contributed by atoms with E-state index in [1.54, 1.807) is 6.20 Å². The van der Waals surface area contributed by atoms with Crippen LogP contribution in [0.2, 0.25) is 0 Å². The van der Waals surface area contributed by atoms with Crippen LogP contribution in [0.15, 0.2) is 170 Å². The Hall–Kier alpha value is -7.88. The topological polar surface area (TPSA) is 206 Å². The molecule has 0 saturated heterocycles. The Balaban J connectivity index is 0.000000117. The first-order valence-corrected chi connectivity index (χ1v) is 51.6. The Morgan fingerprint density at radius 3 is 0.746 bits per heavy atom. The molecule has 16 nitrogen and oxygen atoms in total. The van der Waals surface area contributed by atoms with Gasteiger partial charge in [0.1, 0.15) is 69.9 Å². The summed E-state index contributed by atoms with van der Waals surface area (Å²) in [5.41, 5.74) is 12.7. The molecule has 0 amide bonds. The summed E-state index contributed by atoms with van der Waals surface area (Å²) in [5, 5.41) is 0. The molecule has 18 fully saturated rings. The molecule has 4 radical (unpaired) electrons. The van der Waals surface area contributed by atoms with Gasteiger partial charge in [0.25, 0.3) is 0 Å². The van der Waals surface area contributed by atoms with Crippen LogP contribution in [0.4, 0.5) is 0 Å². The van der Waals surface area contributed by atoms with Crippen molar-refractivity contribution < 1.29 is 80.4 Å². The number of hydrogen-bond donors (Lipinski definition) is 0. The van der Waals surface area contributed by atoms with E-state index in [1.807, 2.05) is 122 Å². The number of nitrogens with zero attached hydrogens (tertiary/aromatic N) is 16. The van der Waals surface area contributed by atoms with Gasteiger partial charge in [0, 0.05) is 149 Å². The van der Waals surface area contributed by atoms with Gasteiger partial charge in [-0.25, -0.2) is 59.8 Å². The molecular weight excluding hydrogens is 2410 g/mol. The van der Waals surface area contributed by atoms with Gasteiger partial charge in [-0.1, -0.05) is 140 Å². The molecule has 724 valence electrons. The van der Waals surface area contributed by atoms with E-state index < -0.39 is 0 Å². The van der Waals surface area contributed by atoms with Crippen molar-refractivity contribution in [3.63, 3.8) is 0 Å². The first kappa shape index (κ1) is 98.9. The minimum absolute atomic E-state index is 0. The summed E-state index contributed by atoms with van der Waals surface area (Å²) in [4.78, 5) is 80.8. The molecule has 138 heavy (non-hydrogen) atoms. The van der Waals surface area contributed by atoms with E-state index in [-0.39, 0.29) is 135 Å². The van der Waals surface area contributed by atoms with Crippen molar-refractivity contribution in [3.05, 3.63) is 241 Å². The summed E-state index contributed by atoms with van der Waals surface area (Å²) in [7, 11) is 0. The number of rotatable bonds is 14. The van der Waals surface area contributed by atoms with Gasteiger partial charge in [-0.2, -0.15) is 0 Å². The van der Waals surface area contributed by atoms with Crippen LogP contribution in [0.1, 0.15) is 321 Å². The van der Waals surface area contributed by atoms with Gasteiger partial charge in [0.15, 0.2) is 0 Å². The molecule has 18 saturated carbocycles. The maximum atomic E-state index is 5.58. The summed E-state index contributed by atoms with van der Waals surface area (Å²) >= 11 is 0. The standard InChI is InChI=1S/C34H37N4.C32H37N4.C30H33N4.C22H25N4.4Ir/c1-2-7-35-29(6-1)27-4-3-5-28(14-27)30-36-31(33-15-21-8-22(16-33)10-23(9-21)17-33)38-32(37-30)34-18-24-11-25(19-34)13-26(12-24)20-34;1-29(2)23-11-15-31(29,16-12-23)27-34-26(22-9-7-8-21(20-22)25-10-5-6-19-33-25)35-28(36-27)32-17-13-24(14-18-32)30(32,3)4;1-2-19-31-25(6-1)23-4-3-5-24(20-23)26-32-27(29-13-7-21(8-14-29)9-15-29)34-28(33-26)30-16-10-22(11-17-30)12-18-30;1-21(2,3)19-24-18(25-20(26-19)22(4,5)6)16-11-9-10-15(14-16)17-12-7-8-13-23-17;;;;/h1-3,5-7,14,21-26H,8-13,15-20H2;5-7,9-10,19-20,23-24H,11-18H2,1-4H3;1-3,5-6,19-22H,7-18H2;7-9,11-14H,1-6H3;;;;/q4*-1;;;;. The second kappa shape index (κ2) is 38.7. The molecule has 0 aliphatic heterocycles. The SMILES string of the molecule is CC(C)(C)c1nc(-c2cc[c-]c(-c3ccccn3)c2)nc(C(C)(C)C)n1.CC1(C)C2CCC1(c1nc(-c3cc[c-]c(-c4ccccn4)c3)nc(C34CCC(CC3)C4(C)C)n1)CC2.[Ir].[Ir].[Ir].[Ir].[c-]1ccc(-c2nc(C34CC5CC(CC(C5)C3)C4)nc(C34CC5CC(CC(C5)C3)C4)n2)cc1-c1ccccn1.[c-]1ccc(-c2nc(C34CCC(CC3)CC4)nc(C34CCC(CC3)CC4)n2)cc1-c1ccccn1. The number of hydrogen-bond acceptors (Lipinski definition) is 16. The van der Waals surface area contributed by atoms with Gasteiger partial charge in [0.2, 0.25) is 0 Å². The third-order valence-corrected chi connectivity index (χ3v) is 37.1. The van der Waals surface area contributed by atoms with Crippen LogP contribution < -0.4 is 0 Å². The minimum atomic E-state index is -0.150. The van der Waals surface area contributed by atoms with E-state index in [1.165, 1.54) is 205 Å². The van der Waals surface area contributed by atoms with Crippen molar-refractivity contribution in [2.75, 3.05) is 0 Å². The predicted molar refractivity (Wildman–Crippen MR) is 527 cm³/mol. The molecule has 20 heteroatoms. The Labute approximate surface area is 872 Å². The molecule has 4 aromatic carbocycles. The summed E-state index contributed by atoms with van der Waals surface area (Å²) in [5.74, 6) is 20.2. The number of benzene rings is 4. The van der Waals surface area contributed by atoms with Crippen LogP contribution in [0.25, 0.3) is 90.6 Å². The van der Waals surface area contributed by atoms with Gasteiger partial charge in [-0.05, 0) is 323 Å². The average molecular weight is 2540 g/mol. The molecule has 30 rings (SSSR count). The number of aromatic nitrogens is 16. The fraction of sp³-hybridized carbons (Fsp3) is 0.525. The van der Waals surface area contributed by atoms with Crippen molar-refractivity contribution in [1.29, 1.82) is 0 Å². The Morgan fingerprint density at radius 1 is 0.261 bits per heavy atom. The van der Waals surface area contributed by atoms with Crippen LogP contribution in [0, 0.1) is 94.3 Å². The zero-order chi connectivity index (χ0) is 91.2. The van der Waals surface area contributed by atoms with Gasteiger partial charge >= 0.3 is 0 Å². The zero-order valence-electron chi connectivity index (χ0n) is 82.1. The van der Waals surface area contributed by atoms with Crippen LogP contribution in [0.3, 0.4) is 0 Å². The normalized spacial score (nSPS) is 30.0. The third-order valence-electron chi connectivity index (χ3n) is 37.1. The fourth-order valence-electron chi connectivity index (χ4n) is 29.9. The van der Waals surface area contributed by atoms with Gasteiger partial charge in [0.05, 0.1) is 0 Å². The van der Waals surface area contributed by atoms with Gasteiger partial charge < -0.3 is 19.9 Å². The van der Waals surface area contributed by atoms with Crippen molar-refractivity contribution in [3.8, 4) is 90.6 Å². The second-order valence-electron chi connectivity index (χ2n) is 47.6. The first-order chi connectivity index (χ1) is 64.7. The van der Waals surface area contributed by atoms with Crippen LogP contribution in [-0.4, -0.2) is 79.7 Å². The molecule has 16 bridgehead atoms. The molecule has 12 aromatic rings. The molecular formula is C118H132Ir4N16-4. The number of pyridine rings is 4. The maximum absolute atomic E-state index is 5.58. The molecule has 0 spiro atoms. The molecule has 0 N–H and O–H groups in total. The van der Waals surface area contributed by atoms with Gasteiger partial charge in [-0.3, -0.25) is 0 Å². The summed E-state index contributed by atoms with van der Waals surface area (Å²) in [6, 6.07) is 62.2. The minimum Gasteiger partial charge on any atom is -0.305 e. The smallest absolute Gasteiger partial charge is 0.145 e. The van der Waals surface area contributed by atoms with Crippen molar-refractivity contribution in [2.45, 2.75) is 318 Å². The fourth-order valence-corrected chi connectivity index (χ4v) is 29.9. The van der Waals surface area contributed by atoms with E-state index in [2.05, 4.69) is 156 Å². The first-order valence-electron chi connectivity index (χ1n) is 51.6. The third kappa shape index (κ3) is 18.3. The quantitative estimate of drug-likeness (QED) is 0.0928. The largest absolute Gasteiger partial charge is 0.305 e. The molecule has 18 aliphatic rings.